The van der Waals surface area contributed by atoms with Gasteiger partial charge in [0.1, 0.15) is 6.04 Å². The van der Waals surface area contributed by atoms with Gasteiger partial charge in [-0.05, 0) is 55.7 Å². The SMILES string of the molecule is CC[C@@H](C(=O)N[C@@H](C)c1ccc(S(C)(=O)=O)cc1)N(c1ccc(C)c(Cl)c1)S(C)(=O)=O. The number of aryl methyl sites for hydroxylation is 1. The topological polar surface area (TPSA) is 101 Å². The predicted octanol–water partition coefficient (Wildman–Crippen LogP) is 3.47. The van der Waals surface area contributed by atoms with Crippen LogP contribution in [0.4, 0.5) is 5.69 Å². The number of nitrogens with one attached hydrogen (secondary N) is 1. The van der Waals surface area contributed by atoms with Crippen LogP contribution in [0, 0.1) is 6.92 Å². The Kier molecular flexibility index (Phi) is 7.78. The molecule has 0 aliphatic rings. The molecule has 7 nitrogen and oxygen atoms in total. The second kappa shape index (κ2) is 9.58. The summed E-state index contributed by atoms with van der Waals surface area (Å²) in [6.45, 7) is 5.27. The number of amides is 1. The predicted molar refractivity (Wildman–Crippen MR) is 124 cm³/mol. The molecular weight excluding hydrogens is 460 g/mol. The summed E-state index contributed by atoms with van der Waals surface area (Å²) in [5.74, 6) is -0.468. The van der Waals surface area contributed by atoms with Gasteiger partial charge in [-0.2, -0.15) is 0 Å². The first-order valence-electron chi connectivity index (χ1n) is 9.61. The van der Waals surface area contributed by atoms with Crippen LogP contribution in [0.15, 0.2) is 47.4 Å². The van der Waals surface area contributed by atoms with Crippen molar-refractivity contribution in [2.24, 2.45) is 0 Å². The Morgan fingerprint density at radius 2 is 1.65 bits per heavy atom. The third-order valence-corrected chi connectivity index (χ3v) is 7.62. The fraction of sp³-hybridized carbons (Fsp3) is 0.381. The second-order valence-corrected chi connectivity index (χ2v) is 11.8. The Morgan fingerprint density at radius 1 is 1.06 bits per heavy atom. The molecule has 0 saturated carbocycles. The average molecular weight is 487 g/mol. The van der Waals surface area contributed by atoms with E-state index < -0.39 is 37.9 Å². The number of rotatable bonds is 8. The van der Waals surface area contributed by atoms with Crippen LogP contribution in [0.3, 0.4) is 0 Å². The Balaban J connectivity index is 2.32. The highest BCUT2D eigenvalue weighted by molar-refractivity contribution is 7.92. The quantitative estimate of drug-likeness (QED) is 0.615. The molecule has 2 atom stereocenters. The molecule has 0 heterocycles. The number of anilines is 1. The largest absolute Gasteiger partial charge is 0.348 e. The van der Waals surface area contributed by atoms with Crippen molar-refractivity contribution >= 4 is 43.1 Å². The number of carbonyl (C=O) groups is 1. The molecule has 2 aromatic rings. The van der Waals surface area contributed by atoms with E-state index in [-0.39, 0.29) is 11.3 Å². The van der Waals surface area contributed by atoms with Gasteiger partial charge in [-0.15, -0.1) is 0 Å². The fourth-order valence-electron chi connectivity index (χ4n) is 3.18. The van der Waals surface area contributed by atoms with Crippen LogP contribution < -0.4 is 9.62 Å². The van der Waals surface area contributed by atoms with E-state index in [1.54, 1.807) is 45.0 Å². The molecule has 0 aromatic heterocycles. The van der Waals surface area contributed by atoms with E-state index in [1.807, 2.05) is 0 Å². The van der Waals surface area contributed by atoms with E-state index in [1.165, 1.54) is 18.2 Å². The van der Waals surface area contributed by atoms with Crippen molar-refractivity contribution in [2.45, 2.75) is 44.2 Å². The molecule has 10 heteroatoms. The maximum atomic E-state index is 13.1. The minimum Gasteiger partial charge on any atom is -0.348 e. The van der Waals surface area contributed by atoms with Crippen LogP contribution in [0.25, 0.3) is 0 Å². The van der Waals surface area contributed by atoms with Crippen LogP contribution in [0.2, 0.25) is 5.02 Å². The third kappa shape index (κ3) is 6.21. The molecule has 1 amide bonds. The maximum absolute atomic E-state index is 13.1. The molecule has 0 saturated heterocycles. The van der Waals surface area contributed by atoms with E-state index >= 15 is 0 Å². The molecule has 0 radical (unpaired) electrons. The summed E-state index contributed by atoms with van der Waals surface area (Å²) in [5, 5.41) is 3.23. The Labute approximate surface area is 189 Å². The summed E-state index contributed by atoms with van der Waals surface area (Å²) >= 11 is 6.18. The highest BCUT2D eigenvalue weighted by atomic mass is 35.5. The number of benzene rings is 2. The molecule has 1 N–H and O–H groups in total. The Morgan fingerprint density at radius 3 is 2.10 bits per heavy atom. The van der Waals surface area contributed by atoms with Gasteiger partial charge in [-0.3, -0.25) is 9.10 Å². The summed E-state index contributed by atoms with van der Waals surface area (Å²) in [4.78, 5) is 13.2. The minimum atomic E-state index is -3.78. The fourth-order valence-corrected chi connectivity index (χ4v) is 5.18. The standard InChI is InChI=1S/C21H27ClN2O5S2/c1-6-20(24(31(5,28)29)17-10-7-14(2)19(22)13-17)21(25)23-15(3)16-8-11-18(12-9-16)30(4,26)27/h7-13,15,20H,6H2,1-5H3,(H,23,25)/t15-,20-/m0/s1. The summed E-state index contributed by atoms with van der Waals surface area (Å²) in [6, 6.07) is 9.60. The zero-order valence-corrected chi connectivity index (χ0v) is 20.5. The summed E-state index contributed by atoms with van der Waals surface area (Å²) in [5.41, 5.74) is 1.80. The lowest BCUT2D eigenvalue weighted by Gasteiger charge is -2.31. The lowest BCUT2D eigenvalue weighted by Crippen LogP contribution is -2.49. The third-order valence-electron chi connectivity index (χ3n) is 4.91. The zero-order valence-electron chi connectivity index (χ0n) is 18.1. The van der Waals surface area contributed by atoms with Gasteiger partial charge in [-0.25, -0.2) is 16.8 Å². The van der Waals surface area contributed by atoms with Crippen LogP contribution in [-0.2, 0) is 24.7 Å². The zero-order chi connectivity index (χ0) is 23.6. The summed E-state index contributed by atoms with van der Waals surface area (Å²) < 4.78 is 49.5. The van der Waals surface area contributed by atoms with Gasteiger partial charge in [-0.1, -0.05) is 36.7 Å². The van der Waals surface area contributed by atoms with E-state index in [9.17, 15) is 21.6 Å². The van der Waals surface area contributed by atoms with Crippen LogP contribution in [0.1, 0.15) is 37.4 Å². The molecular formula is C21H27ClN2O5S2. The number of carbonyl (C=O) groups excluding carboxylic acids is 1. The van der Waals surface area contributed by atoms with Gasteiger partial charge in [0.25, 0.3) is 0 Å². The minimum absolute atomic E-state index is 0.181. The number of halogens is 1. The Bertz CT molecular complexity index is 1160. The molecule has 170 valence electrons. The molecule has 0 spiro atoms. The first kappa shape index (κ1) is 25.2. The number of sulfone groups is 1. The Hall–Kier alpha value is -2.10. The van der Waals surface area contributed by atoms with E-state index in [0.29, 0.717) is 16.3 Å². The van der Waals surface area contributed by atoms with Crippen LogP contribution in [-0.4, -0.2) is 41.3 Å². The van der Waals surface area contributed by atoms with Gasteiger partial charge < -0.3 is 5.32 Å². The van der Waals surface area contributed by atoms with Gasteiger partial charge in [0.2, 0.25) is 15.9 Å². The van der Waals surface area contributed by atoms with Crippen molar-refractivity contribution < 1.29 is 21.6 Å². The second-order valence-electron chi connectivity index (χ2n) is 7.49. The molecule has 0 fully saturated rings. The number of nitrogens with zero attached hydrogens (tertiary/aromatic N) is 1. The lowest BCUT2D eigenvalue weighted by molar-refractivity contribution is -0.122. The molecule has 0 unspecified atom stereocenters. The molecule has 2 aromatic carbocycles. The monoisotopic (exact) mass is 486 g/mol. The summed E-state index contributed by atoms with van der Waals surface area (Å²) in [7, 11) is -7.10. The highest BCUT2D eigenvalue weighted by Gasteiger charge is 2.32. The lowest BCUT2D eigenvalue weighted by atomic mass is 10.1. The average Bonchev–Trinajstić information content (AvgIpc) is 2.66. The number of hydrogen-bond acceptors (Lipinski definition) is 5. The molecule has 2 rings (SSSR count). The van der Waals surface area contributed by atoms with Crippen molar-refractivity contribution in [3.05, 3.63) is 58.6 Å². The van der Waals surface area contributed by atoms with Crippen LogP contribution in [0.5, 0.6) is 0 Å². The molecule has 31 heavy (non-hydrogen) atoms. The highest BCUT2D eigenvalue weighted by Crippen LogP contribution is 2.28. The number of hydrogen-bond donors (Lipinski definition) is 1. The van der Waals surface area contributed by atoms with Gasteiger partial charge in [0.15, 0.2) is 9.84 Å². The van der Waals surface area contributed by atoms with Crippen molar-refractivity contribution in [1.82, 2.24) is 5.32 Å². The maximum Gasteiger partial charge on any atom is 0.244 e. The molecule has 0 aliphatic heterocycles. The van der Waals surface area contributed by atoms with Crippen molar-refractivity contribution in [1.29, 1.82) is 0 Å². The van der Waals surface area contributed by atoms with Gasteiger partial charge in [0.05, 0.1) is 22.9 Å². The first-order chi connectivity index (χ1) is 14.3. The first-order valence-corrected chi connectivity index (χ1v) is 13.7. The van der Waals surface area contributed by atoms with Crippen molar-refractivity contribution in [3.8, 4) is 0 Å². The normalized spacial score (nSPS) is 14.0. The van der Waals surface area contributed by atoms with Gasteiger partial charge in [0, 0.05) is 11.3 Å². The smallest absolute Gasteiger partial charge is 0.244 e. The summed E-state index contributed by atoms with van der Waals surface area (Å²) in [6.07, 6.45) is 2.41. The van der Waals surface area contributed by atoms with E-state index in [0.717, 1.165) is 22.4 Å². The number of sulfonamides is 1. The van der Waals surface area contributed by atoms with Crippen LogP contribution >= 0.6 is 11.6 Å². The van der Waals surface area contributed by atoms with E-state index in [4.69, 9.17) is 11.6 Å². The van der Waals surface area contributed by atoms with Crippen molar-refractivity contribution in [2.75, 3.05) is 16.8 Å². The molecule has 0 aliphatic carbocycles. The van der Waals surface area contributed by atoms with Crippen molar-refractivity contribution in [3.63, 3.8) is 0 Å². The van der Waals surface area contributed by atoms with Gasteiger partial charge >= 0.3 is 0 Å². The molecule has 0 bridgehead atoms. The van der Waals surface area contributed by atoms with E-state index in [2.05, 4.69) is 5.32 Å².